The fourth-order valence-electron chi connectivity index (χ4n) is 0.215. The Hall–Kier alpha value is -0.430. The van der Waals surface area contributed by atoms with Gasteiger partial charge in [-0.1, -0.05) is 0 Å². The number of nitrogens with one attached hydrogen (secondary N) is 1. The molecule has 2 N–H and O–H groups in total. The summed E-state index contributed by atoms with van der Waals surface area (Å²) in [6.45, 7) is 0. The van der Waals surface area contributed by atoms with Crippen molar-refractivity contribution in [3.8, 4) is 0 Å². The van der Waals surface area contributed by atoms with E-state index < -0.39 is 14.8 Å². The molecule has 52 valence electrons. The number of hydrogen-bond acceptors (Lipinski definition) is 4. The topological polar surface area (TPSA) is 95.0 Å². The highest BCUT2D eigenvalue weighted by Gasteiger charge is 1.86. The Labute approximate surface area is 56.8 Å². The van der Waals surface area contributed by atoms with Crippen LogP contribution in [0.5, 0.6) is 0 Å². The second-order valence-electron chi connectivity index (χ2n) is 0.962. The maximum atomic E-state index is 8.63. The number of rotatable bonds is 0. The van der Waals surface area contributed by atoms with Crippen molar-refractivity contribution in [2.75, 3.05) is 0 Å². The molecule has 1 aromatic rings. The maximum absolute atomic E-state index is 8.63. The Bertz CT molecular complexity index is 101. The van der Waals surface area contributed by atoms with Crippen LogP contribution in [0.4, 0.5) is 0 Å². The molecule has 0 saturated carbocycles. The number of aromatic nitrogens is 2. The summed E-state index contributed by atoms with van der Waals surface area (Å²) in [6, 6.07) is 0. The van der Waals surface area contributed by atoms with Gasteiger partial charge in [0.1, 0.15) is 0 Å². The van der Waals surface area contributed by atoms with E-state index in [1.165, 1.54) is 0 Å². The van der Waals surface area contributed by atoms with Crippen LogP contribution in [0.1, 0.15) is 0 Å². The molecular weight excluding hydrogens is 192 g/mol. The quantitative estimate of drug-likeness (QED) is 0.479. The van der Waals surface area contributed by atoms with Gasteiger partial charge in [-0.15, -0.1) is 0 Å². The molecule has 6 heteroatoms. The minimum absolute atomic E-state index is 1.62. The molecule has 0 spiro atoms. The molecule has 0 radical (unpaired) electrons. The Morgan fingerprint density at radius 2 is 2.11 bits per heavy atom. The molecule has 0 aliphatic heterocycles. The van der Waals surface area contributed by atoms with Gasteiger partial charge in [-0.3, -0.25) is 0 Å². The molecule has 0 atom stereocenters. The minimum Gasteiger partial charge on any atom is -0.372 e. The Morgan fingerprint density at radius 1 is 1.56 bits per heavy atom. The van der Waals surface area contributed by atoms with E-state index in [9.17, 15) is 0 Å². The smallest absolute Gasteiger partial charge is 0.372 e. The molecule has 1 heterocycles. The van der Waals surface area contributed by atoms with Gasteiger partial charge in [-0.2, -0.15) is 0 Å². The summed E-state index contributed by atoms with van der Waals surface area (Å²) >= 11 is -3.40. The number of aromatic amines is 1. The highest BCUT2D eigenvalue weighted by atomic mass is 80.0. The lowest BCUT2D eigenvalue weighted by molar-refractivity contribution is -1.63. The molecule has 0 fully saturated rings. The van der Waals surface area contributed by atoms with Crippen LogP contribution >= 0.6 is 0 Å². The lowest BCUT2D eigenvalue weighted by atomic mass is 11.0. The van der Waals surface area contributed by atoms with Gasteiger partial charge in [0.05, 0.1) is 6.33 Å². The van der Waals surface area contributed by atoms with Gasteiger partial charge in [0.2, 0.25) is 0 Å². The van der Waals surface area contributed by atoms with E-state index >= 15 is 0 Å². The molecule has 5 nitrogen and oxygen atoms in total. The fraction of sp³-hybridized carbons (Fsp3) is 0. The minimum atomic E-state index is -3.40. The van der Waals surface area contributed by atoms with E-state index in [0.29, 0.717) is 0 Å². The fourth-order valence-corrected chi connectivity index (χ4v) is 0.215. The largest absolute Gasteiger partial charge is 0.433 e. The monoisotopic (exact) mass is 196 g/mol. The number of halogens is 1. The summed E-state index contributed by atoms with van der Waals surface area (Å²) in [4.78, 5) is 6.42. The van der Waals surface area contributed by atoms with Gasteiger partial charge in [0.15, 0.2) is 0 Å². The molecule has 0 unspecified atom stereocenters. The van der Waals surface area contributed by atoms with Crippen molar-refractivity contribution in [1.29, 1.82) is 0 Å². The third-order valence-electron chi connectivity index (χ3n) is 0.406. The van der Waals surface area contributed by atoms with Crippen LogP contribution in [0, 0.1) is 14.8 Å². The molecular formula is C3H5BrN2O3. The molecule has 1 aromatic heterocycles. The summed E-state index contributed by atoms with van der Waals surface area (Å²) < 4.78 is 24.3. The zero-order valence-corrected chi connectivity index (χ0v) is 5.91. The molecule has 0 amide bonds. The van der Waals surface area contributed by atoms with Crippen LogP contribution in [-0.2, 0) is 0 Å². The van der Waals surface area contributed by atoms with Gasteiger partial charge < -0.3 is 13.4 Å². The second-order valence-corrected chi connectivity index (χ2v) is 1.81. The highest BCUT2D eigenvalue weighted by Crippen LogP contribution is 1.62. The number of imidazole rings is 1. The van der Waals surface area contributed by atoms with Crippen LogP contribution in [-0.4, -0.2) is 14.2 Å². The first-order valence-electron chi connectivity index (χ1n) is 1.90. The summed E-state index contributed by atoms with van der Waals surface area (Å²) in [7, 11) is 0. The van der Waals surface area contributed by atoms with E-state index in [0.717, 1.165) is 0 Å². The molecule has 9 heavy (non-hydrogen) atoms. The van der Waals surface area contributed by atoms with Crippen LogP contribution < -0.4 is 8.40 Å². The SMILES string of the molecule is [O-][Br+2]([O-])O.c1c[nH]cn1. The third kappa shape index (κ3) is 11.2. The van der Waals surface area contributed by atoms with Gasteiger partial charge in [0, 0.05) is 12.4 Å². The second kappa shape index (κ2) is 5.70. The molecule has 0 bridgehead atoms. The zero-order chi connectivity index (χ0) is 7.11. The van der Waals surface area contributed by atoms with E-state index in [1.54, 1.807) is 18.7 Å². The van der Waals surface area contributed by atoms with Crippen molar-refractivity contribution in [2.45, 2.75) is 0 Å². The summed E-state index contributed by atoms with van der Waals surface area (Å²) in [5.41, 5.74) is 0. The predicted octanol–water partition coefficient (Wildman–Crippen LogP) is -2.53. The highest BCUT2D eigenvalue weighted by molar-refractivity contribution is 4.64. The number of H-pyrrole nitrogens is 1. The van der Waals surface area contributed by atoms with E-state index in [1.807, 2.05) is 0 Å². The van der Waals surface area contributed by atoms with E-state index in [4.69, 9.17) is 12.6 Å². The van der Waals surface area contributed by atoms with Crippen molar-refractivity contribution in [3.63, 3.8) is 0 Å². The Morgan fingerprint density at radius 3 is 2.22 bits per heavy atom. The summed E-state index contributed by atoms with van der Waals surface area (Å²) in [5.74, 6) is 0. The normalized spacial score (nSPS) is 8.44. The van der Waals surface area contributed by atoms with Crippen molar-refractivity contribution >= 4 is 0 Å². The molecule has 0 saturated heterocycles. The summed E-state index contributed by atoms with van der Waals surface area (Å²) in [5, 5.41) is 0. The molecule has 0 aromatic carbocycles. The van der Waals surface area contributed by atoms with Crippen LogP contribution in [0.25, 0.3) is 0 Å². The lowest BCUT2D eigenvalue weighted by Gasteiger charge is -1.69. The first-order valence-corrected chi connectivity index (χ1v) is 3.91. The predicted molar refractivity (Wildman–Crippen MR) is 20.8 cm³/mol. The van der Waals surface area contributed by atoms with Gasteiger partial charge in [-0.25, -0.2) is 4.98 Å². The summed E-state index contributed by atoms with van der Waals surface area (Å²) in [6.07, 6.45) is 5.08. The maximum Gasteiger partial charge on any atom is 0.433 e. The Balaban J connectivity index is 0.000000148. The van der Waals surface area contributed by atoms with Crippen LogP contribution in [0.15, 0.2) is 18.7 Å². The van der Waals surface area contributed by atoms with E-state index in [-0.39, 0.29) is 0 Å². The molecule has 0 aliphatic rings. The average Bonchev–Trinajstić information content (AvgIpc) is 2.11. The number of nitrogens with zero attached hydrogens (tertiary/aromatic N) is 1. The zero-order valence-electron chi connectivity index (χ0n) is 4.32. The number of hydrogen-bond donors (Lipinski definition) is 2. The Kier molecular flexibility index (Phi) is 5.43. The van der Waals surface area contributed by atoms with Gasteiger partial charge in [0.25, 0.3) is 0 Å². The van der Waals surface area contributed by atoms with Gasteiger partial charge >= 0.3 is 14.8 Å². The molecule has 1 rings (SSSR count). The van der Waals surface area contributed by atoms with Crippen molar-refractivity contribution in [1.82, 2.24) is 9.97 Å². The first kappa shape index (κ1) is 8.57. The van der Waals surface area contributed by atoms with Crippen molar-refractivity contribution < 1.29 is 27.4 Å². The average molecular weight is 197 g/mol. The van der Waals surface area contributed by atoms with Crippen LogP contribution in [0.2, 0.25) is 0 Å². The van der Waals surface area contributed by atoms with Crippen LogP contribution in [0.3, 0.4) is 0 Å². The molecule has 0 aliphatic carbocycles. The third-order valence-corrected chi connectivity index (χ3v) is 0.406. The van der Waals surface area contributed by atoms with Crippen molar-refractivity contribution in [3.05, 3.63) is 18.7 Å². The standard InChI is InChI=1S/C3H4N2.BrHO3/c1-2-5-3-4-1;2-1(3)4/h1-3H,(H,4,5);2H. The van der Waals surface area contributed by atoms with Gasteiger partial charge in [-0.05, 0) is 4.20 Å². The van der Waals surface area contributed by atoms with Crippen molar-refractivity contribution in [2.24, 2.45) is 0 Å². The van der Waals surface area contributed by atoms with E-state index in [2.05, 4.69) is 9.97 Å². The first-order chi connectivity index (χ1) is 4.23. The lowest BCUT2D eigenvalue weighted by Crippen LogP contribution is -2.30.